The molecule has 1 N–H and O–H groups in total. The first kappa shape index (κ1) is 36.9. The molecule has 0 radical (unpaired) electrons. The second-order valence-electron chi connectivity index (χ2n) is 13.7. The minimum absolute atomic E-state index is 0.0528. The molecule has 5 atom stereocenters. The van der Waals surface area contributed by atoms with Crippen LogP contribution in [0, 0.1) is 6.92 Å². The summed E-state index contributed by atoms with van der Waals surface area (Å²) in [5.41, 5.74) is -0.194. The molecular formula is C39H48N3O8P. The molecule has 0 saturated carbocycles. The van der Waals surface area contributed by atoms with Gasteiger partial charge < -0.3 is 28.2 Å². The van der Waals surface area contributed by atoms with Gasteiger partial charge in [-0.25, -0.2) is 4.79 Å². The number of fused-ring (bicyclic) bond motifs is 2. The highest BCUT2D eigenvalue weighted by molar-refractivity contribution is 7.32. The van der Waals surface area contributed by atoms with Crippen molar-refractivity contribution in [2.75, 3.05) is 33.7 Å². The summed E-state index contributed by atoms with van der Waals surface area (Å²) in [6.45, 7) is 10.6. The van der Waals surface area contributed by atoms with Crippen molar-refractivity contribution < 1.29 is 28.2 Å². The zero-order valence-corrected chi connectivity index (χ0v) is 31.3. The van der Waals surface area contributed by atoms with E-state index in [4.69, 9.17) is 28.2 Å². The number of nitrogens with one attached hydrogen (secondary N) is 1. The van der Waals surface area contributed by atoms with Crippen molar-refractivity contribution in [1.29, 1.82) is 0 Å². The molecular weight excluding hydrogens is 669 g/mol. The molecule has 3 heterocycles. The summed E-state index contributed by atoms with van der Waals surface area (Å²) in [5.74, 6) is 1.44. The van der Waals surface area contributed by atoms with E-state index >= 15 is 0 Å². The van der Waals surface area contributed by atoms with Crippen molar-refractivity contribution in [2.45, 2.75) is 76.3 Å². The summed E-state index contributed by atoms with van der Waals surface area (Å²) in [4.78, 5) is 30.3. The van der Waals surface area contributed by atoms with Gasteiger partial charge in [0, 0.05) is 38.9 Å². The van der Waals surface area contributed by atoms with Crippen LogP contribution in [0.5, 0.6) is 11.5 Å². The molecule has 2 saturated heterocycles. The molecule has 12 heteroatoms. The van der Waals surface area contributed by atoms with E-state index < -0.39 is 40.9 Å². The van der Waals surface area contributed by atoms with Crippen LogP contribution in [0.15, 0.2) is 94.6 Å². The highest BCUT2D eigenvalue weighted by Crippen LogP contribution is 2.50. The largest absolute Gasteiger partial charge is 0.497 e. The Kier molecular flexibility index (Phi) is 11.2. The Bertz CT molecular complexity index is 1820. The monoisotopic (exact) mass is 717 g/mol. The maximum atomic E-state index is 13.2. The summed E-state index contributed by atoms with van der Waals surface area (Å²) in [6.07, 6.45) is 0.208. The second kappa shape index (κ2) is 15.4. The highest BCUT2D eigenvalue weighted by Gasteiger charge is 2.64. The average molecular weight is 718 g/mol. The molecule has 0 amide bonds. The van der Waals surface area contributed by atoms with Crippen LogP contribution in [0.4, 0.5) is 0 Å². The lowest BCUT2D eigenvalue weighted by Crippen LogP contribution is -2.49. The van der Waals surface area contributed by atoms with Gasteiger partial charge in [-0.1, -0.05) is 54.6 Å². The Balaban J connectivity index is 1.43. The molecule has 3 aromatic carbocycles. The summed E-state index contributed by atoms with van der Waals surface area (Å²) in [5, 5.41) is 0. The van der Waals surface area contributed by atoms with E-state index in [1.807, 2.05) is 78.9 Å². The maximum Gasteiger partial charge on any atom is 0.330 e. The van der Waals surface area contributed by atoms with Gasteiger partial charge in [0.1, 0.15) is 34.9 Å². The molecule has 1 aromatic heterocycles. The number of rotatable bonds is 15. The molecule has 2 aliphatic heterocycles. The van der Waals surface area contributed by atoms with E-state index in [0.29, 0.717) is 17.6 Å². The van der Waals surface area contributed by atoms with Gasteiger partial charge in [0.2, 0.25) is 0 Å². The molecule has 11 nitrogen and oxygen atoms in total. The molecule has 2 aliphatic rings. The van der Waals surface area contributed by atoms with E-state index in [9.17, 15) is 9.59 Å². The third-order valence-corrected chi connectivity index (χ3v) is 10.8. The van der Waals surface area contributed by atoms with Crippen molar-refractivity contribution in [3.8, 4) is 11.5 Å². The number of ether oxygens (including phenoxy) is 5. The summed E-state index contributed by atoms with van der Waals surface area (Å²) in [6, 6.07) is 26.4. The van der Waals surface area contributed by atoms with Crippen LogP contribution in [0.2, 0.25) is 0 Å². The van der Waals surface area contributed by atoms with Gasteiger partial charge in [-0.2, -0.15) is 0 Å². The van der Waals surface area contributed by atoms with E-state index in [1.54, 1.807) is 21.1 Å². The lowest BCUT2D eigenvalue weighted by molar-refractivity contribution is -0.203. The Morgan fingerprint density at radius 2 is 1.47 bits per heavy atom. The van der Waals surface area contributed by atoms with Crippen LogP contribution < -0.4 is 20.7 Å². The third-order valence-electron chi connectivity index (χ3n) is 9.88. The lowest BCUT2D eigenvalue weighted by atomic mass is 9.79. The van der Waals surface area contributed by atoms with Crippen molar-refractivity contribution in [2.24, 2.45) is 0 Å². The number of nitrogens with zero attached hydrogens (tertiary/aromatic N) is 2. The Labute approximate surface area is 300 Å². The highest BCUT2D eigenvalue weighted by atomic mass is 31.1. The number of benzene rings is 3. The number of hydrogen-bond acceptors (Lipinski definition) is 9. The van der Waals surface area contributed by atoms with Crippen LogP contribution in [0.3, 0.4) is 0 Å². The molecule has 4 aromatic rings. The quantitative estimate of drug-likeness (QED) is 0.124. The lowest BCUT2D eigenvalue weighted by Gasteiger charge is -2.40. The van der Waals surface area contributed by atoms with E-state index in [-0.39, 0.29) is 22.0 Å². The topological polar surface area (TPSA) is 113 Å². The molecule has 2 bridgehead atoms. The molecule has 6 rings (SSSR count). The van der Waals surface area contributed by atoms with Crippen LogP contribution in [-0.2, 0) is 24.3 Å². The molecule has 0 aliphatic carbocycles. The van der Waals surface area contributed by atoms with Crippen molar-refractivity contribution in [1.82, 2.24) is 14.5 Å². The summed E-state index contributed by atoms with van der Waals surface area (Å²) < 4.78 is 39.8. The van der Waals surface area contributed by atoms with E-state index in [0.717, 1.165) is 34.5 Å². The van der Waals surface area contributed by atoms with Gasteiger partial charge in [-0.3, -0.25) is 19.2 Å². The van der Waals surface area contributed by atoms with Crippen LogP contribution in [0.1, 0.15) is 56.2 Å². The predicted molar refractivity (Wildman–Crippen MR) is 197 cm³/mol. The van der Waals surface area contributed by atoms with Gasteiger partial charge >= 0.3 is 5.69 Å². The SMILES string of the molecule is COc1ccc(C(OC[C@@]23COC(C(n4cc(C)c(=O)[nH]c4=O)O2)C3OPCN(C(C)C)C(C)C)(c2ccccc2)c2ccc(OC)cc2)cc1. The van der Waals surface area contributed by atoms with Gasteiger partial charge in [0.15, 0.2) is 6.23 Å². The van der Waals surface area contributed by atoms with Gasteiger partial charge in [-0.15, -0.1) is 0 Å². The Hall–Kier alpha value is -3.83. The summed E-state index contributed by atoms with van der Waals surface area (Å²) in [7, 11) is 3.39. The van der Waals surface area contributed by atoms with Crippen molar-refractivity contribution >= 4 is 8.81 Å². The molecule has 272 valence electrons. The van der Waals surface area contributed by atoms with Crippen LogP contribution in [-0.4, -0.2) is 78.1 Å². The first-order valence-electron chi connectivity index (χ1n) is 17.3. The first-order chi connectivity index (χ1) is 24.5. The number of aryl methyl sites for hydroxylation is 1. The normalized spacial score (nSPS) is 21.8. The fourth-order valence-corrected chi connectivity index (χ4v) is 8.62. The van der Waals surface area contributed by atoms with Crippen molar-refractivity contribution in [3.63, 3.8) is 0 Å². The number of aromatic nitrogens is 2. The van der Waals surface area contributed by atoms with Gasteiger partial charge in [0.05, 0.1) is 27.4 Å². The smallest absolute Gasteiger partial charge is 0.330 e. The number of methoxy groups -OCH3 is 2. The number of H-pyrrole nitrogens is 1. The average Bonchev–Trinajstić information content (AvgIpc) is 3.64. The second-order valence-corrected chi connectivity index (χ2v) is 14.5. The molecule has 4 unspecified atom stereocenters. The minimum Gasteiger partial charge on any atom is -0.497 e. The van der Waals surface area contributed by atoms with Crippen LogP contribution in [0.25, 0.3) is 0 Å². The Morgan fingerprint density at radius 1 is 0.902 bits per heavy atom. The van der Waals surface area contributed by atoms with Gasteiger partial charge in [-0.05, 0) is 75.6 Å². The van der Waals surface area contributed by atoms with Gasteiger partial charge in [0.25, 0.3) is 5.56 Å². The first-order valence-corrected chi connectivity index (χ1v) is 18.4. The van der Waals surface area contributed by atoms with Crippen LogP contribution >= 0.6 is 8.81 Å². The fourth-order valence-electron chi connectivity index (χ4n) is 7.14. The third kappa shape index (κ3) is 7.16. The number of aromatic amines is 1. The summed E-state index contributed by atoms with van der Waals surface area (Å²) >= 11 is 0. The minimum atomic E-state index is -1.11. The standard InChI is InChI=1S/C39H48N3O8P/c1-25(2)42(26(3)4)24-51-50-34-33-36(41-21-27(5)35(43)40-37(41)44)49-38(34,22-47-33)23-48-39(28-11-9-8-10-12-28,29-13-17-31(45-6)18-14-29)30-15-19-32(46-7)20-16-30/h8-21,25-26,33-34,36,51H,22-24H2,1-7H3,(H,40,43,44)/t33?,34?,36?,38-/m1/s1. The van der Waals surface area contributed by atoms with Crippen molar-refractivity contribution in [3.05, 3.63) is 128 Å². The molecule has 51 heavy (non-hydrogen) atoms. The molecule has 0 spiro atoms. The zero-order chi connectivity index (χ0) is 36.3. The van der Waals surface area contributed by atoms with E-state index in [1.165, 1.54) is 10.8 Å². The predicted octanol–water partition coefficient (Wildman–Crippen LogP) is 5.59. The maximum absolute atomic E-state index is 13.2. The zero-order valence-electron chi connectivity index (χ0n) is 30.3. The molecule has 2 fully saturated rings. The fraction of sp³-hybridized carbons (Fsp3) is 0.436. The Morgan fingerprint density at radius 3 is 2.02 bits per heavy atom. The number of hydrogen-bond donors (Lipinski definition) is 1. The van der Waals surface area contributed by atoms with E-state index in [2.05, 4.69) is 37.6 Å².